The van der Waals surface area contributed by atoms with Crippen LogP contribution in [0.5, 0.6) is 11.5 Å². The zero-order valence-electron chi connectivity index (χ0n) is 8.03. The molecule has 2 rings (SSSR count). The molecule has 14 heavy (non-hydrogen) atoms. The Balaban J connectivity index is 2.24. The van der Waals surface area contributed by atoms with E-state index in [0.29, 0.717) is 13.2 Å². The van der Waals surface area contributed by atoms with E-state index in [1.807, 2.05) is 24.3 Å². The molecule has 0 N–H and O–H groups in total. The summed E-state index contributed by atoms with van der Waals surface area (Å²) in [5, 5.41) is 0. The number of rotatable bonds is 2. The van der Waals surface area contributed by atoms with Crippen molar-refractivity contribution in [2.75, 3.05) is 20.3 Å². The molecule has 3 nitrogen and oxygen atoms in total. The molecule has 0 aromatic heterocycles. The zero-order chi connectivity index (χ0) is 9.80. The fourth-order valence-electron chi connectivity index (χ4n) is 1.31. The number of hydrogen-bond donors (Lipinski definition) is 0. The van der Waals surface area contributed by atoms with Crippen molar-refractivity contribution >= 4 is 6.08 Å². The molecule has 0 unspecified atom stereocenters. The number of benzene rings is 1. The second-order valence-electron chi connectivity index (χ2n) is 2.94. The van der Waals surface area contributed by atoms with Crippen molar-refractivity contribution < 1.29 is 14.2 Å². The third-order valence-corrected chi connectivity index (χ3v) is 1.96. The Labute approximate surface area is 82.9 Å². The van der Waals surface area contributed by atoms with Crippen LogP contribution in [0.2, 0.25) is 0 Å². The summed E-state index contributed by atoms with van der Waals surface area (Å²) >= 11 is 0. The van der Waals surface area contributed by atoms with E-state index in [1.165, 1.54) is 0 Å². The molecule has 1 heterocycles. The van der Waals surface area contributed by atoms with Crippen molar-refractivity contribution in [1.82, 2.24) is 0 Å². The Morgan fingerprint density at radius 2 is 2.00 bits per heavy atom. The van der Waals surface area contributed by atoms with Gasteiger partial charge in [0.05, 0.1) is 13.4 Å². The highest BCUT2D eigenvalue weighted by molar-refractivity contribution is 5.55. The maximum atomic E-state index is 5.44. The fourth-order valence-corrected chi connectivity index (χ4v) is 1.31. The van der Waals surface area contributed by atoms with Gasteiger partial charge in [0.25, 0.3) is 0 Å². The first kappa shape index (κ1) is 8.94. The molecular weight excluding hydrogens is 180 g/mol. The standard InChI is InChI=1S/C11H12O3/c1-12-5-4-9-2-3-10-11(8-9)14-7-6-13-10/h2-5,8H,6-7H2,1H3/b5-4+. The maximum Gasteiger partial charge on any atom is 0.161 e. The normalized spacial score (nSPS) is 14.4. The highest BCUT2D eigenvalue weighted by Gasteiger charge is 2.10. The molecule has 1 aliphatic heterocycles. The molecule has 1 aromatic carbocycles. The zero-order valence-corrected chi connectivity index (χ0v) is 8.03. The lowest BCUT2D eigenvalue weighted by Crippen LogP contribution is -2.15. The lowest BCUT2D eigenvalue weighted by atomic mass is 10.2. The molecule has 0 spiro atoms. The summed E-state index contributed by atoms with van der Waals surface area (Å²) < 4.78 is 15.7. The van der Waals surface area contributed by atoms with Gasteiger partial charge < -0.3 is 14.2 Å². The number of fused-ring (bicyclic) bond motifs is 1. The van der Waals surface area contributed by atoms with Gasteiger partial charge in [-0.15, -0.1) is 0 Å². The third kappa shape index (κ3) is 1.82. The quantitative estimate of drug-likeness (QED) is 0.671. The molecule has 74 valence electrons. The Morgan fingerprint density at radius 1 is 1.21 bits per heavy atom. The van der Waals surface area contributed by atoms with E-state index >= 15 is 0 Å². The predicted octanol–water partition coefficient (Wildman–Crippen LogP) is 2.07. The van der Waals surface area contributed by atoms with Crippen molar-refractivity contribution in [3.8, 4) is 11.5 Å². The Bertz CT molecular complexity index is 344. The average Bonchev–Trinajstić information content (AvgIpc) is 2.26. The highest BCUT2D eigenvalue weighted by Crippen LogP contribution is 2.30. The van der Waals surface area contributed by atoms with Gasteiger partial charge in [-0.3, -0.25) is 0 Å². The smallest absolute Gasteiger partial charge is 0.161 e. The van der Waals surface area contributed by atoms with Crippen LogP contribution in [0.25, 0.3) is 6.08 Å². The largest absolute Gasteiger partial charge is 0.504 e. The van der Waals surface area contributed by atoms with Crippen LogP contribution in [0.1, 0.15) is 5.56 Å². The minimum atomic E-state index is 0.616. The first-order chi connectivity index (χ1) is 6.90. The van der Waals surface area contributed by atoms with Gasteiger partial charge >= 0.3 is 0 Å². The first-order valence-electron chi connectivity index (χ1n) is 4.49. The summed E-state index contributed by atoms with van der Waals surface area (Å²) in [6.07, 6.45) is 3.50. The molecule has 0 atom stereocenters. The van der Waals surface area contributed by atoms with Crippen LogP contribution < -0.4 is 9.47 Å². The monoisotopic (exact) mass is 192 g/mol. The second kappa shape index (κ2) is 4.05. The SMILES string of the molecule is CO/C=C/c1ccc2c(c1)OCCO2. The lowest BCUT2D eigenvalue weighted by molar-refractivity contribution is 0.171. The summed E-state index contributed by atoms with van der Waals surface area (Å²) in [6.45, 7) is 1.24. The predicted molar refractivity (Wildman–Crippen MR) is 53.5 cm³/mol. The van der Waals surface area contributed by atoms with Crippen LogP contribution in [0, 0.1) is 0 Å². The fraction of sp³-hybridized carbons (Fsp3) is 0.273. The minimum Gasteiger partial charge on any atom is -0.504 e. The van der Waals surface area contributed by atoms with Crippen molar-refractivity contribution in [3.63, 3.8) is 0 Å². The highest BCUT2D eigenvalue weighted by atomic mass is 16.6. The van der Waals surface area contributed by atoms with Crippen molar-refractivity contribution in [2.45, 2.75) is 0 Å². The van der Waals surface area contributed by atoms with Crippen LogP contribution in [-0.2, 0) is 4.74 Å². The molecule has 0 saturated heterocycles. The van der Waals surface area contributed by atoms with Gasteiger partial charge in [-0.25, -0.2) is 0 Å². The average molecular weight is 192 g/mol. The molecular formula is C11H12O3. The van der Waals surface area contributed by atoms with E-state index in [9.17, 15) is 0 Å². The van der Waals surface area contributed by atoms with E-state index in [-0.39, 0.29) is 0 Å². The van der Waals surface area contributed by atoms with Gasteiger partial charge in [0, 0.05) is 0 Å². The van der Waals surface area contributed by atoms with Crippen LogP contribution in [0.4, 0.5) is 0 Å². The number of methoxy groups -OCH3 is 1. The van der Waals surface area contributed by atoms with Crippen molar-refractivity contribution in [3.05, 3.63) is 30.0 Å². The summed E-state index contributed by atoms with van der Waals surface area (Å²) in [4.78, 5) is 0. The van der Waals surface area contributed by atoms with Crippen LogP contribution in [-0.4, -0.2) is 20.3 Å². The molecule has 0 aliphatic carbocycles. The number of ether oxygens (including phenoxy) is 3. The van der Waals surface area contributed by atoms with E-state index in [0.717, 1.165) is 17.1 Å². The van der Waals surface area contributed by atoms with Crippen molar-refractivity contribution in [2.24, 2.45) is 0 Å². The van der Waals surface area contributed by atoms with E-state index < -0.39 is 0 Å². The summed E-state index contributed by atoms with van der Waals surface area (Å²) in [5.74, 6) is 1.61. The molecule has 0 saturated carbocycles. The van der Waals surface area contributed by atoms with Gasteiger partial charge in [-0.05, 0) is 23.8 Å². The Hall–Kier alpha value is -1.64. The van der Waals surface area contributed by atoms with Crippen LogP contribution in [0.3, 0.4) is 0 Å². The molecule has 1 aromatic rings. The van der Waals surface area contributed by atoms with E-state index in [1.54, 1.807) is 13.4 Å². The summed E-state index contributed by atoms with van der Waals surface area (Å²) in [7, 11) is 1.62. The maximum absolute atomic E-state index is 5.44. The van der Waals surface area contributed by atoms with E-state index in [4.69, 9.17) is 14.2 Å². The molecule has 0 fully saturated rings. The Kier molecular flexibility index (Phi) is 2.58. The molecule has 1 aliphatic rings. The topological polar surface area (TPSA) is 27.7 Å². The molecule has 0 bridgehead atoms. The van der Waals surface area contributed by atoms with Gasteiger partial charge in [0.15, 0.2) is 11.5 Å². The second-order valence-corrected chi connectivity index (χ2v) is 2.94. The summed E-state index contributed by atoms with van der Waals surface area (Å²) in [6, 6.07) is 5.80. The molecule has 0 amide bonds. The third-order valence-electron chi connectivity index (χ3n) is 1.96. The van der Waals surface area contributed by atoms with Gasteiger partial charge in [-0.2, -0.15) is 0 Å². The lowest BCUT2D eigenvalue weighted by Gasteiger charge is -2.18. The first-order valence-corrected chi connectivity index (χ1v) is 4.49. The number of hydrogen-bond acceptors (Lipinski definition) is 3. The van der Waals surface area contributed by atoms with Crippen molar-refractivity contribution in [1.29, 1.82) is 0 Å². The van der Waals surface area contributed by atoms with Gasteiger partial charge in [0.1, 0.15) is 13.2 Å². The summed E-state index contributed by atoms with van der Waals surface area (Å²) in [5.41, 5.74) is 1.04. The van der Waals surface area contributed by atoms with E-state index in [2.05, 4.69) is 0 Å². The van der Waals surface area contributed by atoms with Gasteiger partial charge in [-0.1, -0.05) is 6.07 Å². The van der Waals surface area contributed by atoms with Crippen LogP contribution >= 0.6 is 0 Å². The molecule has 0 radical (unpaired) electrons. The molecule has 3 heteroatoms. The van der Waals surface area contributed by atoms with Crippen LogP contribution in [0.15, 0.2) is 24.5 Å². The minimum absolute atomic E-state index is 0.616. The Morgan fingerprint density at radius 3 is 2.79 bits per heavy atom. The van der Waals surface area contributed by atoms with Gasteiger partial charge in [0.2, 0.25) is 0 Å².